The number of hydrogen-bond acceptors (Lipinski definition) is 5. The molecular formula is C18H21NO4S2. The van der Waals surface area contributed by atoms with E-state index in [2.05, 4.69) is 71.1 Å². The molecule has 0 unspecified atom stereocenters. The molecule has 0 atom stereocenters. The molecule has 0 amide bonds. The molecule has 0 radical (unpaired) electrons. The molecule has 1 aromatic heterocycles. The van der Waals surface area contributed by atoms with Crippen LogP contribution in [0.15, 0.2) is 48.5 Å². The van der Waals surface area contributed by atoms with Crippen LogP contribution in [0, 0.1) is 6.92 Å². The van der Waals surface area contributed by atoms with Crippen molar-refractivity contribution in [3.8, 4) is 11.1 Å². The lowest BCUT2D eigenvalue weighted by atomic mass is 10.1. The Kier molecular flexibility index (Phi) is 6.66. The van der Waals surface area contributed by atoms with Gasteiger partial charge in [0.1, 0.15) is 11.2 Å². The molecule has 25 heavy (non-hydrogen) atoms. The van der Waals surface area contributed by atoms with Crippen LogP contribution >= 0.6 is 11.3 Å². The van der Waals surface area contributed by atoms with Gasteiger partial charge in [-0.25, -0.2) is 8.42 Å². The molecule has 0 bridgehead atoms. The number of thiazole rings is 1. The molecule has 0 aliphatic carbocycles. The van der Waals surface area contributed by atoms with E-state index in [4.69, 9.17) is 0 Å². The van der Waals surface area contributed by atoms with Crippen molar-refractivity contribution in [3.63, 3.8) is 0 Å². The van der Waals surface area contributed by atoms with Gasteiger partial charge in [0.25, 0.3) is 0 Å². The molecule has 3 aromatic rings. The highest BCUT2D eigenvalue weighted by Gasteiger charge is 2.15. The van der Waals surface area contributed by atoms with Crippen molar-refractivity contribution in [2.24, 2.45) is 0 Å². The summed E-state index contributed by atoms with van der Waals surface area (Å²) in [7, 11) is -4.42. The van der Waals surface area contributed by atoms with E-state index in [9.17, 15) is 13.0 Å². The van der Waals surface area contributed by atoms with E-state index < -0.39 is 10.4 Å². The van der Waals surface area contributed by atoms with E-state index in [0.717, 1.165) is 6.54 Å². The summed E-state index contributed by atoms with van der Waals surface area (Å²) in [6.07, 6.45) is 0. The second kappa shape index (κ2) is 8.53. The van der Waals surface area contributed by atoms with Gasteiger partial charge in [0, 0.05) is 13.0 Å². The molecule has 0 aliphatic rings. The summed E-state index contributed by atoms with van der Waals surface area (Å²) in [5.41, 5.74) is 3.93. The molecule has 1 heterocycles. The maximum Gasteiger partial charge on any atom is 0.235 e. The van der Waals surface area contributed by atoms with E-state index in [1.165, 1.54) is 33.3 Å². The zero-order valence-corrected chi connectivity index (χ0v) is 16.1. The summed E-state index contributed by atoms with van der Waals surface area (Å²) in [6, 6.07) is 17.3. The molecule has 3 rings (SSSR count). The first-order chi connectivity index (χ1) is 11.9. The van der Waals surface area contributed by atoms with Crippen molar-refractivity contribution in [1.82, 2.24) is 0 Å². The van der Waals surface area contributed by atoms with Crippen LogP contribution in [0.3, 0.4) is 0 Å². The first kappa shape index (κ1) is 19.5. The van der Waals surface area contributed by atoms with Crippen LogP contribution in [0.25, 0.3) is 21.3 Å². The van der Waals surface area contributed by atoms with Gasteiger partial charge in [-0.1, -0.05) is 41.7 Å². The Morgan fingerprint density at radius 2 is 1.76 bits per heavy atom. The third-order valence-electron chi connectivity index (χ3n) is 3.57. The lowest BCUT2D eigenvalue weighted by Gasteiger charge is -2.02. The number of aromatic nitrogens is 1. The molecule has 0 aliphatic heterocycles. The van der Waals surface area contributed by atoms with Crippen LogP contribution in [0.2, 0.25) is 0 Å². The Labute approximate surface area is 152 Å². The van der Waals surface area contributed by atoms with Gasteiger partial charge in [0.2, 0.25) is 20.9 Å². The average Bonchev–Trinajstić information content (AvgIpc) is 2.89. The lowest BCUT2D eigenvalue weighted by molar-refractivity contribution is -0.669. The fourth-order valence-electron chi connectivity index (χ4n) is 2.55. The number of fused-ring (bicyclic) bond motifs is 1. The molecule has 0 saturated carbocycles. The standard InChI is InChI=1S/C16H16NS.C2H6O4S/c1-3-17-12(2)18-16-11-14(9-10-15(16)17)13-7-5-4-6-8-13;1-2-6-7(3,4)5/h4-11H,3H2,1-2H3;2H2,1H3,(H,3,4,5)/q+1;/p-1. The van der Waals surface area contributed by atoms with Gasteiger partial charge in [-0.05, 0) is 37.1 Å². The first-order valence-corrected chi connectivity index (χ1v) is 10.1. The SMILES string of the molecule is CCOS(=O)(=O)[O-].CC[n+]1c(C)sc2cc(-c3ccccc3)ccc21. The average molecular weight is 380 g/mol. The predicted octanol–water partition coefficient (Wildman–Crippen LogP) is 3.67. The maximum atomic E-state index is 9.45. The van der Waals surface area contributed by atoms with E-state index in [0.29, 0.717) is 0 Å². The Balaban J connectivity index is 0.000000277. The highest BCUT2D eigenvalue weighted by molar-refractivity contribution is 7.80. The topological polar surface area (TPSA) is 70.3 Å². The lowest BCUT2D eigenvalue weighted by Crippen LogP contribution is -2.33. The Morgan fingerprint density at radius 1 is 1.08 bits per heavy atom. The number of rotatable bonds is 4. The summed E-state index contributed by atoms with van der Waals surface area (Å²) in [5, 5.41) is 1.37. The summed E-state index contributed by atoms with van der Waals surface area (Å²) >= 11 is 1.88. The largest absolute Gasteiger partial charge is 0.726 e. The molecule has 0 N–H and O–H groups in total. The summed E-state index contributed by atoms with van der Waals surface area (Å²) < 4.78 is 35.7. The van der Waals surface area contributed by atoms with Gasteiger partial charge in [0.15, 0.2) is 0 Å². The normalized spacial score (nSPS) is 11.2. The van der Waals surface area contributed by atoms with Crippen molar-refractivity contribution < 1.29 is 21.7 Å². The summed E-state index contributed by atoms with van der Waals surface area (Å²) in [6.45, 7) is 6.76. The van der Waals surface area contributed by atoms with Gasteiger partial charge >= 0.3 is 0 Å². The predicted molar refractivity (Wildman–Crippen MR) is 99.2 cm³/mol. The van der Waals surface area contributed by atoms with Gasteiger partial charge in [-0.15, -0.1) is 0 Å². The van der Waals surface area contributed by atoms with E-state index in [1.54, 1.807) is 0 Å². The van der Waals surface area contributed by atoms with Gasteiger partial charge < -0.3 is 4.55 Å². The summed E-state index contributed by atoms with van der Waals surface area (Å²) in [5.74, 6) is 0. The van der Waals surface area contributed by atoms with Crippen LogP contribution < -0.4 is 4.57 Å². The van der Waals surface area contributed by atoms with E-state index in [1.807, 2.05) is 11.3 Å². The molecular weight excluding hydrogens is 358 g/mol. The van der Waals surface area contributed by atoms with Crippen molar-refractivity contribution in [2.45, 2.75) is 27.3 Å². The Bertz CT molecular complexity index is 934. The molecule has 0 saturated heterocycles. The fraction of sp³-hybridized carbons (Fsp3) is 0.278. The molecule has 2 aromatic carbocycles. The zero-order chi connectivity index (χ0) is 18.4. The van der Waals surface area contributed by atoms with Gasteiger partial charge in [0.05, 0.1) is 6.61 Å². The van der Waals surface area contributed by atoms with Crippen LogP contribution in [0.4, 0.5) is 0 Å². The van der Waals surface area contributed by atoms with E-state index in [-0.39, 0.29) is 6.61 Å². The van der Waals surface area contributed by atoms with E-state index >= 15 is 0 Å². The van der Waals surface area contributed by atoms with Crippen molar-refractivity contribution >= 4 is 32.0 Å². The van der Waals surface area contributed by atoms with Gasteiger partial charge in [-0.3, -0.25) is 4.18 Å². The van der Waals surface area contributed by atoms with Crippen LogP contribution in [-0.4, -0.2) is 19.6 Å². The van der Waals surface area contributed by atoms with Crippen molar-refractivity contribution in [3.05, 3.63) is 53.5 Å². The van der Waals surface area contributed by atoms with Crippen LogP contribution in [0.1, 0.15) is 18.9 Å². The number of benzene rings is 2. The minimum Gasteiger partial charge on any atom is -0.726 e. The third-order valence-corrected chi connectivity index (χ3v) is 5.16. The van der Waals surface area contributed by atoms with Gasteiger partial charge in [-0.2, -0.15) is 4.57 Å². The first-order valence-electron chi connectivity index (χ1n) is 7.94. The molecule has 5 nitrogen and oxygen atoms in total. The maximum absolute atomic E-state index is 9.45. The number of hydrogen-bond donors (Lipinski definition) is 0. The highest BCUT2D eigenvalue weighted by Crippen LogP contribution is 2.27. The highest BCUT2D eigenvalue weighted by atomic mass is 32.3. The minimum atomic E-state index is -4.42. The Morgan fingerprint density at radius 3 is 2.28 bits per heavy atom. The number of nitrogens with zero attached hydrogens (tertiary/aromatic N) is 1. The van der Waals surface area contributed by atoms with Crippen molar-refractivity contribution in [1.29, 1.82) is 0 Å². The fourth-order valence-corrected chi connectivity index (χ4v) is 3.96. The number of aryl methyl sites for hydroxylation is 2. The van der Waals surface area contributed by atoms with Crippen LogP contribution in [-0.2, 0) is 21.1 Å². The third kappa shape index (κ3) is 5.34. The second-order valence-electron chi connectivity index (χ2n) is 5.23. The molecule has 0 fully saturated rings. The molecule has 7 heteroatoms. The molecule has 134 valence electrons. The Hall–Kier alpha value is -1.80. The smallest absolute Gasteiger partial charge is 0.235 e. The molecule has 0 spiro atoms. The van der Waals surface area contributed by atoms with Crippen molar-refractivity contribution in [2.75, 3.05) is 6.61 Å². The second-order valence-corrected chi connectivity index (χ2v) is 7.52. The van der Waals surface area contributed by atoms with Crippen LogP contribution in [0.5, 0.6) is 0 Å². The monoisotopic (exact) mass is 379 g/mol. The quantitative estimate of drug-likeness (QED) is 0.394. The zero-order valence-electron chi connectivity index (χ0n) is 14.4. The minimum absolute atomic E-state index is 0.0914. The summed E-state index contributed by atoms with van der Waals surface area (Å²) in [4.78, 5) is 0.